The van der Waals surface area contributed by atoms with E-state index in [9.17, 15) is 20.0 Å². The zero-order chi connectivity index (χ0) is 13.0. The number of nitro groups is 1. The Hall–Kier alpha value is -1.82. The van der Waals surface area contributed by atoms with Gasteiger partial charge < -0.3 is 5.11 Å². The summed E-state index contributed by atoms with van der Waals surface area (Å²) in [6, 6.07) is 5.78. The second-order valence-corrected chi connectivity index (χ2v) is 4.41. The standard InChI is InChI=1S/C11H11NO4S/c1-7(13)11(8(2)14)17-10-5-3-9(4-6-10)12(15)16/h3-6,13H,1-2H3/b11-7-. The molecule has 1 N–H and O–H groups in total. The van der Waals surface area contributed by atoms with Crippen molar-refractivity contribution in [2.75, 3.05) is 0 Å². The van der Waals surface area contributed by atoms with Crippen LogP contribution in [0, 0.1) is 10.1 Å². The van der Waals surface area contributed by atoms with Crippen molar-refractivity contribution >= 4 is 23.2 Å². The molecular formula is C11H11NO4S. The molecule has 0 amide bonds. The van der Waals surface area contributed by atoms with E-state index in [1.54, 1.807) is 0 Å². The van der Waals surface area contributed by atoms with Gasteiger partial charge in [-0.05, 0) is 26.0 Å². The fourth-order valence-corrected chi connectivity index (χ4v) is 1.95. The number of hydrogen-bond donors (Lipinski definition) is 1. The summed E-state index contributed by atoms with van der Waals surface area (Å²) in [6.07, 6.45) is 0. The summed E-state index contributed by atoms with van der Waals surface area (Å²) in [7, 11) is 0. The average molecular weight is 253 g/mol. The van der Waals surface area contributed by atoms with Crippen LogP contribution in [0.25, 0.3) is 0 Å². The maximum absolute atomic E-state index is 11.2. The number of thioether (sulfide) groups is 1. The van der Waals surface area contributed by atoms with Gasteiger partial charge in [0.15, 0.2) is 5.78 Å². The van der Waals surface area contributed by atoms with E-state index in [1.807, 2.05) is 0 Å². The smallest absolute Gasteiger partial charge is 0.269 e. The minimum absolute atomic E-state index is 0.0107. The quantitative estimate of drug-likeness (QED) is 0.293. The number of nitrogens with zero attached hydrogens (tertiary/aromatic N) is 1. The number of hydrogen-bond acceptors (Lipinski definition) is 5. The highest BCUT2D eigenvalue weighted by molar-refractivity contribution is 8.04. The molecule has 6 heteroatoms. The van der Waals surface area contributed by atoms with Crippen LogP contribution in [0.3, 0.4) is 0 Å². The Balaban J connectivity index is 2.93. The lowest BCUT2D eigenvalue weighted by Gasteiger charge is -2.04. The maximum atomic E-state index is 11.2. The van der Waals surface area contributed by atoms with Gasteiger partial charge in [0.1, 0.15) is 5.76 Å². The molecule has 0 spiro atoms. The number of aliphatic hydroxyl groups is 1. The highest BCUT2D eigenvalue weighted by Gasteiger charge is 2.11. The van der Waals surface area contributed by atoms with Crippen molar-refractivity contribution < 1.29 is 14.8 Å². The first-order chi connectivity index (χ1) is 7.91. The zero-order valence-electron chi connectivity index (χ0n) is 9.34. The van der Waals surface area contributed by atoms with Gasteiger partial charge in [-0.2, -0.15) is 0 Å². The van der Waals surface area contributed by atoms with E-state index >= 15 is 0 Å². The van der Waals surface area contributed by atoms with Crippen molar-refractivity contribution in [2.45, 2.75) is 18.7 Å². The molecule has 0 aliphatic carbocycles. The van der Waals surface area contributed by atoms with Crippen LogP contribution in [0.4, 0.5) is 5.69 Å². The monoisotopic (exact) mass is 253 g/mol. The highest BCUT2D eigenvalue weighted by Crippen LogP contribution is 2.30. The van der Waals surface area contributed by atoms with Crippen LogP contribution in [0.2, 0.25) is 0 Å². The number of carbonyl (C=O) groups excluding carboxylic acids is 1. The predicted molar refractivity (Wildman–Crippen MR) is 65.0 cm³/mol. The van der Waals surface area contributed by atoms with E-state index in [-0.39, 0.29) is 22.1 Å². The molecule has 0 heterocycles. The molecule has 17 heavy (non-hydrogen) atoms. The molecule has 1 rings (SSSR count). The van der Waals surface area contributed by atoms with Crippen molar-refractivity contribution in [1.29, 1.82) is 0 Å². The van der Waals surface area contributed by atoms with E-state index < -0.39 is 4.92 Å². The number of nitro benzene ring substituents is 1. The third kappa shape index (κ3) is 3.60. The summed E-state index contributed by atoms with van der Waals surface area (Å²) in [5.41, 5.74) is -0.0107. The first kappa shape index (κ1) is 13.2. The molecule has 0 bridgehead atoms. The minimum Gasteiger partial charge on any atom is -0.511 e. The lowest BCUT2D eigenvalue weighted by atomic mass is 10.3. The topological polar surface area (TPSA) is 80.4 Å². The van der Waals surface area contributed by atoms with Gasteiger partial charge in [-0.25, -0.2) is 0 Å². The van der Waals surface area contributed by atoms with Crippen LogP contribution in [0.15, 0.2) is 39.8 Å². The summed E-state index contributed by atoms with van der Waals surface area (Å²) >= 11 is 1.08. The fourth-order valence-electron chi connectivity index (χ4n) is 1.15. The van der Waals surface area contributed by atoms with Crippen molar-refractivity contribution in [3.63, 3.8) is 0 Å². The Labute approximate surface area is 102 Å². The molecule has 90 valence electrons. The summed E-state index contributed by atoms with van der Waals surface area (Å²) in [5, 5.41) is 19.8. The third-order valence-corrected chi connectivity index (χ3v) is 3.21. The number of Topliss-reactive ketones (excluding diaryl/α,β-unsaturated/α-hetero) is 1. The van der Waals surface area contributed by atoms with Crippen LogP contribution in [0.1, 0.15) is 13.8 Å². The van der Waals surface area contributed by atoms with Crippen LogP contribution < -0.4 is 0 Å². The lowest BCUT2D eigenvalue weighted by molar-refractivity contribution is -0.384. The first-order valence-electron chi connectivity index (χ1n) is 4.75. The Kier molecular flexibility index (Phi) is 4.28. The molecule has 0 radical (unpaired) electrons. The van der Waals surface area contributed by atoms with E-state index in [4.69, 9.17) is 0 Å². The Bertz CT molecular complexity index is 475. The second kappa shape index (κ2) is 5.49. The molecule has 0 fully saturated rings. The second-order valence-electron chi connectivity index (χ2n) is 3.32. The SMILES string of the molecule is CC(=O)/C(Sc1ccc([N+](=O)[O-])cc1)=C(\C)O. The summed E-state index contributed by atoms with van der Waals surface area (Å²) < 4.78 is 0. The van der Waals surface area contributed by atoms with E-state index in [2.05, 4.69) is 0 Å². The summed E-state index contributed by atoms with van der Waals surface area (Å²) in [4.78, 5) is 22.1. The maximum Gasteiger partial charge on any atom is 0.269 e. The average Bonchev–Trinajstić information content (AvgIpc) is 2.25. The zero-order valence-corrected chi connectivity index (χ0v) is 10.2. The molecule has 0 aromatic heterocycles. The minimum atomic E-state index is -0.493. The van der Waals surface area contributed by atoms with Crippen LogP contribution in [0.5, 0.6) is 0 Å². The molecule has 0 aliphatic rings. The number of allylic oxidation sites excluding steroid dienone is 2. The Morgan fingerprint density at radius 3 is 2.18 bits per heavy atom. The van der Waals surface area contributed by atoms with E-state index in [0.717, 1.165) is 11.8 Å². The van der Waals surface area contributed by atoms with Gasteiger partial charge in [0, 0.05) is 17.0 Å². The van der Waals surface area contributed by atoms with Gasteiger partial charge in [-0.1, -0.05) is 11.8 Å². The molecule has 0 saturated heterocycles. The van der Waals surface area contributed by atoms with Crippen molar-refractivity contribution in [3.8, 4) is 0 Å². The molecule has 1 aromatic rings. The van der Waals surface area contributed by atoms with Gasteiger partial charge in [0.25, 0.3) is 5.69 Å². The van der Waals surface area contributed by atoms with Crippen molar-refractivity contribution in [1.82, 2.24) is 0 Å². The third-order valence-electron chi connectivity index (χ3n) is 1.92. The predicted octanol–water partition coefficient (Wildman–Crippen LogP) is 3.07. The number of non-ortho nitro benzene ring substituents is 1. The van der Waals surface area contributed by atoms with Gasteiger partial charge in [0.2, 0.25) is 0 Å². The Morgan fingerprint density at radius 2 is 1.82 bits per heavy atom. The van der Waals surface area contributed by atoms with Crippen LogP contribution in [-0.4, -0.2) is 15.8 Å². The number of aliphatic hydroxyl groups excluding tert-OH is 1. The van der Waals surface area contributed by atoms with Gasteiger partial charge in [-0.3, -0.25) is 14.9 Å². The van der Waals surface area contributed by atoms with Crippen molar-refractivity contribution in [2.24, 2.45) is 0 Å². The molecule has 0 unspecified atom stereocenters. The molecule has 0 atom stereocenters. The molecule has 0 saturated carbocycles. The molecular weight excluding hydrogens is 242 g/mol. The van der Waals surface area contributed by atoms with E-state index in [0.29, 0.717) is 4.90 Å². The van der Waals surface area contributed by atoms with Crippen LogP contribution in [-0.2, 0) is 4.79 Å². The number of rotatable bonds is 4. The number of benzene rings is 1. The first-order valence-corrected chi connectivity index (χ1v) is 5.56. The number of ketones is 1. The Morgan fingerprint density at radius 1 is 1.29 bits per heavy atom. The lowest BCUT2D eigenvalue weighted by Crippen LogP contribution is -1.96. The van der Waals surface area contributed by atoms with E-state index in [1.165, 1.54) is 38.1 Å². The van der Waals surface area contributed by atoms with Crippen molar-refractivity contribution in [3.05, 3.63) is 45.0 Å². The fraction of sp³-hybridized carbons (Fsp3) is 0.182. The number of carbonyl (C=O) groups is 1. The molecule has 1 aromatic carbocycles. The van der Waals surface area contributed by atoms with Crippen LogP contribution >= 0.6 is 11.8 Å². The normalized spacial score (nSPS) is 11.9. The summed E-state index contributed by atoms with van der Waals surface area (Å²) in [6.45, 7) is 2.78. The highest BCUT2D eigenvalue weighted by atomic mass is 32.2. The molecule has 5 nitrogen and oxygen atoms in total. The molecule has 0 aliphatic heterocycles. The largest absolute Gasteiger partial charge is 0.511 e. The van der Waals surface area contributed by atoms with Gasteiger partial charge in [0.05, 0.1) is 9.83 Å². The van der Waals surface area contributed by atoms with Gasteiger partial charge in [-0.15, -0.1) is 0 Å². The van der Waals surface area contributed by atoms with Gasteiger partial charge >= 0.3 is 0 Å². The summed E-state index contributed by atoms with van der Waals surface area (Å²) in [5.74, 6) is -0.297.